The van der Waals surface area contributed by atoms with Gasteiger partial charge in [-0.1, -0.05) is 78.9 Å². The summed E-state index contributed by atoms with van der Waals surface area (Å²) in [4.78, 5) is 26.3. The summed E-state index contributed by atoms with van der Waals surface area (Å²) in [5, 5.41) is 11.2. The molecule has 3 aromatic carbocycles. The van der Waals surface area contributed by atoms with E-state index >= 15 is 0 Å². The summed E-state index contributed by atoms with van der Waals surface area (Å²) in [6, 6.07) is 26.5. The van der Waals surface area contributed by atoms with E-state index in [0.29, 0.717) is 29.8 Å². The van der Waals surface area contributed by atoms with Crippen molar-refractivity contribution in [3.05, 3.63) is 102 Å². The number of hydrogen-bond acceptors (Lipinski definition) is 3. The highest BCUT2D eigenvalue weighted by atomic mass is 16.2. The Bertz CT molecular complexity index is 1020. The van der Waals surface area contributed by atoms with E-state index in [1.165, 1.54) is 4.90 Å². The molecule has 0 saturated carbocycles. The molecule has 0 aliphatic carbocycles. The number of hydrogen-bond donors (Lipinski definition) is 2. The third-order valence-corrected chi connectivity index (χ3v) is 4.89. The van der Waals surface area contributed by atoms with E-state index in [4.69, 9.17) is 5.41 Å². The van der Waals surface area contributed by atoms with Crippen molar-refractivity contribution in [2.24, 2.45) is 0 Å². The third kappa shape index (κ3) is 5.41. The summed E-state index contributed by atoms with van der Waals surface area (Å²) in [6.45, 7) is -0.0862. The molecule has 0 aromatic heterocycles. The number of likely N-dealkylation sites (N-methyl/N-ethyl adjacent to an activating group) is 1. The van der Waals surface area contributed by atoms with Gasteiger partial charge in [-0.05, 0) is 18.1 Å². The van der Waals surface area contributed by atoms with Crippen molar-refractivity contribution < 1.29 is 9.59 Å². The van der Waals surface area contributed by atoms with Crippen molar-refractivity contribution in [1.29, 1.82) is 5.41 Å². The first-order chi connectivity index (χ1) is 14.6. The summed E-state index contributed by atoms with van der Waals surface area (Å²) in [5.41, 5.74) is 3.51. The van der Waals surface area contributed by atoms with Crippen LogP contribution in [0, 0.1) is 5.41 Å². The Balaban J connectivity index is 1.61. The Hall–Kier alpha value is -3.73. The fourth-order valence-corrected chi connectivity index (χ4v) is 3.16. The molecule has 0 unspecified atom stereocenters. The highest BCUT2D eigenvalue weighted by molar-refractivity contribution is 6.15. The quantitative estimate of drug-likeness (QED) is 0.565. The number of para-hydroxylation sites is 1. The SMILES string of the molecule is CN(C(=O)CNC(=O)CCc1ccccc1)c1ccccc1C(=N)c1ccccc1. The second-order valence-corrected chi connectivity index (χ2v) is 6.97. The van der Waals surface area contributed by atoms with Crippen molar-refractivity contribution >= 4 is 23.2 Å². The van der Waals surface area contributed by atoms with Crippen LogP contribution < -0.4 is 10.2 Å². The molecule has 3 aromatic rings. The van der Waals surface area contributed by atoms with Gasteiger partial charge in [0.15, 0.2) is 0 Å². The van der Waals surface area contributed by atoms with Gasteiger partial charge in [0.25, 0.3) is 0 Å². The van der Waals surface area contributed by atoms with Gasteiger partial charge in [0.05, 0.1) is 17.9 Å². The maximum Gasteiger partial charge on any atom is 0.246 e. The number of nitrogens with zero attached hydrogens (tertiary/aromatic N) is 1. The van der Waals surface area contributed by atoms with Gasteiger partial charge in [0.1, 0.15) is 0 Å². The van der Waals surface area contributed by atoms with Gasteiger partial charge in [-0.3, -0.25) is 15.0 Å². The second-order valence-electron chi connectivity index (χ2n) is 6.97. The monoisotopic (exact) mass is 399 g/mol. The van der Waals surface area contributed by atoms with Crippen LogP contribution in [0.25, 0.3) is 0 Å². The predicted octanol–water partition coefficient (Wildman–Crippen LogP) is 3.81. The number of rotatable bonds is 8. The minimum atomic E-state index is -0.239. The maximum absolute atomic E-state index is 12.7. The van der Waals surface area contributed by atoms with E-state index in [9.17, 15) is 9.59 Å². The first-order valence-electron chi connectivity index (χ1n) is 9.87. The van der Waals surface area contributed by atoms with Crippen LogP contribution in [0.2, 0.25) is 0 Å². The van der Waals surface area contributed by atoms with Gasteiger partial charge >= 0.3 is 0 Å². The van der Waals surface area contributed by atoms with E-state index in [1.807, 2.05) is 84.9 Å². The van der Waals surface area contributed by atoms with Crippen molar-refractivity contribution in [2.45, 2.75) is 12.8 Å². The molecule has 0 fully saturated rings. The lowest BCUT2D eigenvalue weighted by molar-refractivity contribution is -0.124. The molecule has 0 spiro atoms. The molecule has 0 saturated heterocycles. The van der Waals surface area contributed by atoms with Crippen LogP contribution in [0.1, 0.15) is 23.1 Å². The summed E-state index contributed by atoms with van der Waals surface area (Å²) >= 11 is 0. The largest absolute Gasteiger partial charge is 0.347 e. The van der Waals surface area contributed by atoms with E-state index in [-0.39, 0.29) is 18.4 Å². The molecule has 0 heterocycles. The van der Waals surface area contributed by atoms with Crippen molar-refractivity contribution in [2.75, 3.05) is 18.5 Å². The van der Waals surface area contributed by atoms with Gasteiger partial charge in [0.2, 0.25) is 11.8 Å². The van der Waals surface area contributed by atoms with E-state index < -0.39 is 0 Å². The maximum atomic E-state index is 12.7. The van der Waals surface area contributed by atoms with Gasteiger partial charge < -0.3 is 10.2 Å². The Morgan fingerprint density at radius 2 is 1.47 bits per heavy atom. The molecule has 3 rings (SSSR count). The molecule has 152 valence electrons. The third-order valence-electron chi connectivity index (χ3n) is 4.89. The molecule has 0 bridgehead atoms. The molecule has 0 aliphatic heterocycles. The lowest BCUT2D eigenvalue weighted by atomic mass is 10.0. The molecule has 5 nitrogen and oxygen atoms in total. The summed E-state index contributed by atoms with van der Waals surface area (Å²) in [7, 11) is 1.66. The zero-order valence-electron chi connectivity index (χ0n) is 17.0. The number of aryl methyl sites for hydroxylation is 1. The topological polar surface area (TPSA) is 73.3 Å². The van der Waals surface area contributed by atoms with Crippen LogP contribution in [0.3, 0.4) is 0 Å². The second kappa shape index (κ2) is 10.2. The van der Waals surface area contributed by atoms with E-state index in [2.05, 4.69) is 5.32 Å². The smallest absolute Gasteiger partial charge is 0.246 e. The molecular weight excluding hydrogens is 374 g/mol. The molecule has 0 radical (unpaired) electrons. The van der Waals surface area contributed by atoms with Crippen LogP contribution in [0.5, 0.6) is 0 Å². The number of anilines is 1. The van der Waals surface area contributed by atoms with Crippen molar-refractivity contribution in [3.63, 3.8) is 0 Å². The zero-order valence-corrected chi connectivity index (χ0v) is 17.0. The van der Waals surface area contributed by atoms with E-state index in [0.717, 1.165) is 11.1 Å². The standard InChI is InChI=1S/C25H25N3O2/c1-28(24(30)18-27-23(29)17-16-19-10-4-2-5-11-19)22-15-9-8-14-21(22)25(26)20-12-6-3-7-13-20/h2-15,26H,16-18H2,1H3,(H,27,29). The molecule has 0 atom stereocenters. The van der Waals surface area contributed by atoms with Crippen LogP contribution >= 0.6 is 0 Å². The zero-order chi connectivity index (χ0) is 21.3. The number of carbonyl (C=O) groups is 2. The number of benzene rings is 3. The summed E-state index contributed by atoms with van der Waals surface area (Å²) in [5.74, 6) is -0.401. The van der Waals surface area contributed by atoms with Crippen molar-refractivity contribution in [1.82, 2.24) is 5.32 Å². The minimum absolute atomic E-state index is 0.0862. The Kier molecular flexibility index (Phi) is 7.11. The minimum Gasteiger partial charge on any atom is -0.347 e. The van der Waals surface area contributed by atoms with Crippen LogP contribution in [0.4, 0.5) is 5.69 Å². The highest BCUT2D eigenvalue weighted by Gasteiger charge is 2.18. The summed E-state index contributed by atoms with van der Waals surface area (Å²) in [6.07, 6.45) is 0.962. The van der Waals surface area contributed by atoms with E-state index in [1.54, 1.807) is 7.05 Å². The molecule has 5 heteroatoms. The normalized spacial score (nSPS) is 10.3. The number of carbonyl (C=O) groups excluding carboxylic acids is 2. The van der Waals surface area contributed by atoms with Crippen LogP contribution in [-0.2, 0) is 16.0 Å². The predicted molar refractivity (Wildman–Crippen MR) is 120 cm³/mol. The lowest BCUT2D eigenvalue weighted by Gasteiger charge is -2.21. The molecule has 0 aliphatic rings. The molecule has 2 N–H and O–H groups in total. The highest BCUT2D eigenvalue weighted by Crippen LogP contribution is 2.22. The van der Waals surface area contributed by atoms with Gasteiger partial charge in [0, 0.05) is 24.6 Å². The van der Waals surface area contributed by atoms with Crippen LogP contribution in [-0.4, -0.2) is 31.1 Å². The molecule has 30 heavy (non-hydrogen) atoms. The summed E-state index contributed by atoms with van der Waals surface area (Å²) < 4.78 is 0. The first-order valence-corrected chi connectivity index (χ1v) is 9.87. The molecule has 2 amide bonds. The fraction of sp³-hybridized carbons (Fsp3) is 0.160. The van der Waals surface area contributed by atoms with Crippen LogP contribution in [0.15, 0.2) is 84.9 Å². The number of nitrogens with one attached hydrogen (secondary N) is 2. The molecular formula is C25H25N3O2. The first kappa shape index (κ1) is 21.0. The van der Waals surface area contributed by atoms with Gasteiger partial charge in [-0.15, -0.1) is 0 Å². The fourth-order valence-electron chi connectivity index (χ4n) is 3.16. The van der Waals surface area contributed by atoms with Gasteiger partial charge in [-0.25, -0.2) is 0 Å². The van der Waals surface area contributed by atoms with Gasteiger partial charge in [-0.2, -0.15) is 0 Å². The Labute approximate surface area is 176 Å². The Morgan fingerprint density at radius 1 is 0.867 bits per heavy atom. The average Bonchev–Trinajstić information content (AvgIpc) is 2.81. The van der Waals surface area contributed by atoms with Crippen molar-refractivity contribution in [3.8, 4) is 0 Å². The lowest BCUT2D eigenvalue weighted by Crippen LogP contribution is -2.38. The number of amides is 2. The average molecular weight is 399 g/mol. The Morgan fingerprint density at radius 3 is 2.17 bits per heavy atom.